The van der Waals surface area contributed by atoms with E-state index >= 15 is 0 Å². The molecule has 4 atom stereocenters. The van der Waals surface area contributed by atoms with Gasteiger partial charge in [0.1, 0.15) is 0 Å². The zero-order valence-electron chi connectivity index (χ0n) is 13.1. The number of aromatic nitrogens is 4. The van der Waals surface area contributed by atoms with Crippen LogP contribution in [0.15, 0.2) is 25.0 Å². The maximum atomic E-state index is 12.3. The summed E-state index contributed by atoms with van der Waals surface area (Å²) >= 11 is 0. The minimum atomic E-state index is -1.22. The van der Waals surface area contributed by atoms with Gasteiger partial charge in [-0.2, -0.15) is 0 Å². The second kappa shape index (κ2) is 7.93. The van der Waals surface area contributed by atoms with E-state index in [0.717, 1.165) is 0 Å². The highest BCUT2D eigenvalue weighted by atomic mass is 16.1. The monoisotopic (exact) mass is 334 g/mol. The molecule has 10 heteroatoms. The van der Waals surface area contributed by atoms with Gasteiger partial charge in [0.05, 0.1) is 36.8 Å². The van der Waals surface area contributed by atoms with Crippen molar-refractivity contribution >= 4 is 11.6 Å². The van der Waals surface area contributed by atoms with Crippen LogP contribution in [0.5, 0.6) is 0 Å². The van der Waals surface area contributed by atoms with Crippen molar-refractivity contribution in [1.29, 1.82) is 0 Å². The normalized spacial score (nSPS) is 16.3. The first-order valence-electron chi connectivity index (χ1n) is 7.44. The van der Waals surface area contributed by atoms with Gasteiger partial charge < -0.3 is 32.9 Å². The van der Waals surface area contributed by atoms with Gasteiger partial charge in [-0.15, -0.1) is 0 Å². The van der Waals surface area contributed by atoms with Gasteiger partial charge in [0, 0.05) is 36.6 Å². The van der Waals surface area contributed by atoms with E-state index in [1.165, 1.54) is 12.7 Å². The number of carbonyl (C=O) groups excluding carboxylic acids is 2. The topological polar surface area (TPSA) is 196 Å². The molecule has 0 aromatic carbocycles. The van der Waals surface area contributed by atoms with Crippen molar-refractivity contribution in [2.45, 2.75) is 37.0 Å². The third-order valence-electron chi connectivity index (χ3n) is 3.76. The maximum absolute atomic E-state index is 12.3. The molecule has 0 amide bonds. The number of Topliss-reactive ketones (excluding diaryl/α,β-unsaturated/α-hetero) is 2. The van der Waals surface area contributed by atoms with Crippen LogP contribution in [-0.2, 0) is 22.4 Å². The van der Waals surface area contributed by atoms with Crippen molar-refractivity contribution in [3.63, 3.8) is 0 Å². The van der Waals surface area contributed by atoms with E-state index in [1.54, 1.807) is 12.4 Å². The van der Waals surface area contributed by atoms with Gasteiger partial charge in [0.15, 0.2) is 11.6 Å². The minimum absolute atomic E-state index is 0.230. The Morgan fingerprint density at radius 3 is 1.50 bits per heavy atom. The van der Waals surface area contributed by atoms with Crippen LogP contribution in [0.3, 0.4) is 0 Å². The summed E-state index contributed by atoms with van der Waals surface area (Å²) in [6.07, 6.45) is 6.54. The molecule has 2 rings (SSSR count). The molecule has 0 saturated heterocycles. The molecule has 0 aliphatic carbocycles. The highest BCUT2D eigenvalue weighted by Crippen LogP contribution is 2.05. The molecule has 10 nitrogen and oxygen atoms in total. The number of rotatable bonds is 9. The second-order valence-corrected chi connectivity index (χ2v) is 5.63. The van der Waals surface area contributed by atoms with Crippen LogP contribution >= 0.6 is 0 Å². The number of aromatic amines is 2. The van der Waals surface area contributed by atoms with Gasteiger partial charge in [0.25, 0.3) is 0 Å². The summed E-state index contributed by atoms with van der Waals surface area (Å²) in [6, 6.07) is -4.21. The molecular weight excluding hydrogens is 312 g/mol. The van der Waals surface area contributed by atoms with Crippen molar-refractivity contribution in [3.8, 4) is 0 Å². The first-order valence-corrected chi connectivity index (χ1v) is 7.44. The molecule has 2 heterocycles. The van der Waals surface area contributed by atoms with Crippen molar-refractivity contribution in [1.82, 2.24) is 19.9 Å². The van der Waals surface area contributed by atoms with E-state index in [4.69, 9.17) is 22.9 Å². The summed E-state index contributed by atoms with van der Waals surface area (Å²) < 4.78 is 0. The molecule has 0 bridgehead atoms. The van der Waals surface area contributed by atoms with Gasteiger partial charge >= 0.3 is 0 Å². The van der Waals surface area contributed by atoms with Gasteiger partial charge in [-0.05, 0) is 0 Å². The molecule has 2 aromatic heterocycles. The highest BCUT2D eigenvalue weighted by Gasteiger charge is 2.33. The number of nitrogens with two attached hydrogens (primary N) is 4. The summed E-state index contributed by atoms with van der Waals surface area (Å²) in [5.74, 6) is -1.00. The van der Waals surface area contributed by atoms with E-state index in [-0.39, 0.29) is 12.8 Å². The van der Waals surface area contributed by atoms with Crippen LogP contribution in [0.25, 0.3) is 0 Å². The molecule has 0 saturated carbocycles. The Balaban J connectivity index is 1.92. The van der Waals surface area contributed by atoms with Gasteiger partial charge in [-0.1, -0.05) is 0 Å². The zero-order valence-corrected chi connectivity index (χ0v) is 13.1. The minimum Gasteiger partial charge on any atom is -0.348 e. The predicted molar refractivity (Wildman–Crippen MR) is 86.5 cm³/mol. The number of nitrogens with one attached hydrogen (secondary N) is 2. The Labute approximate surface area is 138 Å². The predicted octanol–water partition coefficient (Wildman–Crippen LogP) is -2.63. The van der Waals surface area contributed by atoms with Crippen LogP contribution in [0.4, 0.5) is 0 Å². The fourth-order valence-corrected chi connectivity index (χ4v) is 2.32. The summed E-state index contributed by atoms with van der Waals surface area (Å²) in [6.45, 7) is 0. The van der Waals surface area contributed by atoms with Gasteiger partial charge in [0.2, 0.25) is 0 Å². The first-order chi connectivity index (χ1) is 11.4. The number of hydrogen-bond donors (Lipinski definition) is 6. The molecule has 0 spiro atoms. The van der Waals surface area contributed by atoms with Crippen molar-refractivity contribution in [2.24, 2.45) is 22.9 Å². The number of hydrogen-bond acceptors (Lipinski definition) is 8. The molecule has 10 N–H and O–H groups in total. The molecule has 130 valence electrons. The lowest BCUT2D eigenvalue weighted by Gasteiger charge is -2.23. The SMILES string of the molecule is NC(C(=O)[C@@H](N)Cc1cnc[nH]1)C(N)C(=O)[C@@H](N)Cc1cnc[nH]1. The fraction of sp³-hybridized carbons (Fsp3) is 0.429. The number of nitrogens with zero attached hydrogens (tertiary/aromatic N) is 2. The van der Waals surface area contributed by atoms with Gasteiger partial charge in [-0.25, -0.2) is 9.97 Å². The molecular formula is C14H22N8O2. The molecule has 0 fully saturated rings. The molecule has 0 radical (unpaired) electrons. The Morgan fingerprint density at radius 2 is 1.21 bits per heavy atom. The van der Waals surface area contributed by atoms with Gasteiger partial charge in [-0.3, -0.25) is 9.59 Å². The first kappa shape index (κ1) is 17.9. The van der Waals surface area contributed by atoms with E-state index in [2.05, 4.69) is 19.9 Å². The average molecular weight is 334 g/mol. The Hall–Kier alpha value is -2.40. The number of ketones is 2. The Bertz CT molecular complexity index is 596. The summed E-state index contributed by atoms with van der Waals surface area (Å²) in [4.78, 5) is 37.9. The van der Waals surface area contributed by atoms with E-state index in [0.29, 0.717) is 11.4 Å². The highest BCUT2D eigenvalue weighted by molar-refractivity contribution is 5.98. The molecule has 2 aromatic rings. The summed E-state index contributed by atoms with van der Waals surface area (Å²) in [7, 11) is 0. The van der Waals surface area contributed by atoms with Crippen LogP contribution < -0.4 is 22.9 Å². The van der Waals surface area contributed by atoms with Crippen LogP contribution in [0.2, 0.25) is 0 Å². The number of carbonyl (C=O) groups is 2. The van der Waals surface area contributed by atoms with E-state index in [1.807, 2.05) is 0 Å². The molecule has 24 heavy (non-hydrogen) atoms. The third-order valence-corrected chi connectivity index (χ3v) is 3.76. The van der Waals surface area contributed by atoms with Crippen molar-refractivity contribution in [2.75, 3.05) is 0 Å². The average Bonchev–Trinajstić information content (AvgIpc) is 3.25. The van der Waals surface area contributed by atoms with Crippen LogP contribution in [0.1, 0.15) is 11.4 Å². The smallest absolute Gasteiger partial charge is 0.168 e. The Kier molecular flexibility index (Phi) is 5.93. The maximum Gasteiger partial charge on any atom is 0.168 e. The van der Waals surface area contributed by atoms with E-state index < -0.39 is 35.7 Å². The second-order valence-electron chi connectivity index (χ2n) is 5.63. The Morgan fingerprint density at radius 1 is 0.833 bits per heavy atom. The summed E-state index contributed by atoms with van der Waals surface area (Å²) in [5.41, 5.74) is 24.7. The lowest BCUT2D eigenvalue weighted by atomic mass is 9.91. The van der Waals surface area contributed by atoms with Crippen LogP contribution in [-0.4, -0.2) is 55.7 Å². The molecule has 2 unspecified atom stereocenters. The number of imidazole rings is 2. The summed E-state index contributed by atoms with van der Waals surface area (Å²) in [5, 5.41) is 0. The van der Waals surface area contributed by atoms with Crippen molar-refractivity contribution < 1.29 is 9.59 Å². The quantitative estimate of drug-likeness (QED) is 0.286. The van der Waals surface area contributed by atoms with Crippen LogP contribution in [0, 0.1) is 0 Å². The van der Waals surface area contributed by atoms with Crippen molar-refractivity contribution in [3.05, 3.63) is 36.4 Å². The molecule has 0 aliphatic rings. The van der Waals surface area contributed by atoms with E-state index in [9.17, 15) is 9.59 Å². The lowest BCUT2D eigenvalue weighted by Crippen LogP contribution is -2.59. The fourth-order valence-electron chi connectivity index (χ4n) is 2.32. The zero-order chi connectivity index (χ0) is 17.7. The lowest BCUT2D eigenvalue weighted by molar-refractivity contribution is -0.127. The number of H-pyrrole nitrogens is 2. The standard InChI is InChI=1S/C14H22N8O2/c15-9(1-7-3-19-5-21-7)13(23)11(17)12(18)14(24)10(16)2-8-4-20-6-22-8/h3-6,9-12H,1-2,15-18H2,(H,19,21)(H,20,22)/t9-,10-,11?,12?/m0/s1. The largest absolute Gasteiger partial charge is 0.348 e. The third kappa shape index (κ3) is 4.32. The molecule has 0 aliphatic heterocycles.